The first-order valence-corrected chi connectivity index (χ1v) is 8.60. The summed E-state index contributed by atoms with van der Waals surface area (Å²) >= 11 is 0. The van der Waals surface area contributed by atoms with Gasteiger partial charge in [0.2, 0.25) is 0 Å². The van der Waals surface area contributed by atoms with E-state index in [1.807, 2.05) is 0 Å². The number of hydrogen-bond acceptors (Lipinski definition) is 2. The van der Waals surface area contributed by atoms with E-state index in [1.54, 1.807) is 0 Å². The molecular weight excluding hydrogens is 256 g/mol. The van der Waals surface area contributed by atoms with Gasteiger partial charge in [0.25, 0.3) is 0 Å². The first-order chi connectivity index (χ1) is 10.1. The predicted molar refractivity (Wildman–Crippen MR) is 93.0 cm³/mol. The average Bonchev–Trinajstić information content (AvgIpc) is 2.46. The van der Waals surface area contributed by atoms with Crippen molar-refractivity contribution >= 4 is 5.69 Å². The molecule has 0 amide bonds. The van der Waals surface area contributed by atoms with E-state index in [0.29, 0.717) is 6.04 Å². The lowest BCUT2D eigenvalue weighted by Gasteiger charge is -2.29. The normalized spacial score (nSPS) is 16.4. The zero-order valence-corrected chi connectivity index (χ0v) is 14.3. The highest BCUT2D eigenvalue weighted by Gasteiger charge is 2.16. The van der Waals surface area contributed by atoms with E-state index >= 15 is 0 Å². The number of aryl methyl sites for hydroxylation is 1. The molecule has 1 fully saturated rings. The highest BCUT2D eigenvalue weighted by Crippen LogP contribution is 2.26. The van der Waals surface area contributed by atoms with Crippen LogP contribution < -0.4 is 10.2 Å². The molecule has 1 aliphatic carbocycles. The monoisotopic (exact) mass is 288 g/mol. The maximum atomic E-state index is 3.50. The zero-order valence-electron chi connectivity index (χ0n) is 14.3. The third-order valence-electron chi connectivity index (χ3n) is 4.72. The number of anilines is 1. The van der Waals surface area contributed by atoms with Gasteiger partial charge in [-0.1, -0.05) is 39.2 Å². The summed E-state index contributed by atoms with van der Waals surface area (Å²) in [4.78, 5) is 2.45. The van der Waals surface area contributed by atoms with Crippen molar-refractivity contribution in [1.82, 2.24) is 5.32 Å². The Hall–Kier alpha value is -1.02. The van der Waals surface area contributed by atoms with E-state index in [-0.39, 0.29) is 0 Å². The van der Waals surface area contributed by atoms with Gasteiger partial charge in [-0.25, -0.2) is 0 Å². The van der Waals surface area contributed by atoms with Crippen molar-refractivity contribution in [1.29, 1.82) is 0 Å². The van der Waals surface area contributed by atoms with Gasteiger partial charge in [0.05, 0.1) is 0 Å². The Kier molecular flexibility index (Phi) is 6.10. The molecule has 21 heavy (non-hydrogen) atoms. The van der Waals surface area contributed by atoms with Crippen molar-refractivity contribution in [3.05, 3.63) is 29.3 Å². The summed E-state index contributed by atoms with van der Waals surface area (Å²) in [5.41, 5.74) is 4.18. The van der Waals surface area contributed by atoms with Crippen LogP contribution in [0.2, 0.25) is 0 Å². The molecule has 0 spiro atoms. The van der Waals surface area contributed by atoms with Crippen LogP contribution in [0, 0.1) is 12.8 Å². The van der Waals surface area contributed by atoms with Gasteiger partial charge in [-0.15, -0.1) is 0 Å². The van der Waals surface area contributed by atoms with Crippen LogP contribution in [0.1, 0.15) is 57.1 Å². The van der Waals surface area contributed by atoms with Crippen LogP contribution in [0.15, 0.2) is 18.2 Å². The molecular formula is C19H32N2. The number of benzene rings is 1. The Labute approximate surface area is 130 Å². The van der Waals surface area contributed by atoms with E-state index < -0.39 is 0 Å². The second-order valence-electron chi connectivity index (χ2n) is 7.03. The van der Waals surface area contributed by atoms with Crippen LogP contribution >= 0.6 is 0 Å². The molecule has 0 atom stereocenters. The van der Waals surface area contributed by atoms with Crippen LogP contribution in [0.4, 0.5) is 5.69 Å². The minimum absolute atomic E-state index is 0.540. The highest BCUT2D eigenvalue weighted by atomic mass is 15.1. The molecule has 118 valence electrons. The first-order valence-electron chi connectivity index (χ1n) is 8.60. The molecule has 0 aliphatic heterocycles. The fraction of sp³-hybridized carbons (Fsp3) is 0.684. The van der Waals surface area contributed by atoms with Gasteiger partial charge in [-0.3, -0.25) is 0 Å². The maximum absolute atomic E-state index is 3.50. The molecule has 0 unspecified atom stereocenters. The van der Waals surface area contributed by atoms with E-state index in [9.17, 15) is 0 Å². The molecule has 0 saturated heterocycles. The van der Waals surface area contributed by atoms with Crippen molar-refractivity contribution in [2.75, 3.05) is 18.5 Å². The lowest BCUT2D eigenvalue weighted by molar-refractivity contribution is 0.362. The van der Waals surface area contributed by atoms with E-state index in [0.717, 1.165) is 12.5 Å². The number of hydrogen-bond donors (Lipinski definition) is 1. The summed E-state index contributed by atoms with van der Waals surface area (Å²) < 4.78 is 0. The van der Waals surface area contributed by atoms with E-state index in [1.165, 1.54) is 55.5 Å². The van der Waals surface area contributed by atoms with E-state index in [2.05, 4.69) is 56.2 Å². The Morgan fingerprint density at radius 2 is 1.90 bits per heavy atom. The van der Waals surface area contributed by atoms with Gasteiger partial charge in [0.15, 0.2) is 0 Å². The molecule has 1 N–H and O–H groups in total. The van der Waals surface area contributed by atoms with Crippen molar-refractivity contribution in [3.8, 4) is 0 Å². The molecule has 0 aromatic heterocycles. The highest BCUT2D eigenvalue weighted by molar-refractivity contribution is 5.50. The Bertz CT molecular complexity index is 433. The smallest absolute Gasteiger partial charge is 0.0366 e. The van der Waals surface area contributed by atoms with Gasteiger partial charge in [-0.05, 0) is 48.9 Å². The van der Waals surface area contributed by atoms with Crippen molar-refractivity contribution in [3.63, 3.8) is 0 Å². The molecule has 1 saturated carbocycles. The zero-order chi connectivity index (χ0) is 15.2. The van der Waals surface area contributed by atoms with Crippen LogP contribution in [0.25, 0.3) is 0 Å². The second-order valence-corrected chi connectivity index (χ2v) is 7.03. The molecule has 0 bridgehead atoms. The number of nitrogens with one attached hydrogen (secondary N) is 1. The maximum Gasteiger partial charge on any atom is 0.0366 e. The summed E-state index contributed by atoms with van der Waals surface area (Å²) in [7, 11) is 2.25. The lowest BCUT2D eigenvalue weighted by atomic mass is 9.89. The van der Waals surface area contributed by atoms with Crippen LogP contribution in [-0.4, -0.2) is 19.6 Å². The number of rotatable bonds is 6. The topological polar surface area (TPSA) is 15.3 Å². The minimum atomic E-state index is 0.540. The summed E-state index contributed by atoms with van der Waals surface area (Å²) in [5, 5.41) is 3.50. The fourth-order valence-electron chi connectivity index (χ4n) is 3.29. The molecule has 2 heteroatoms. The van der Waals surface area contributed by atoms with Gasteiger partial charge < -0.3 is 10.2 Å². The first kappa shape index (κ1) is 16.4. The third kappa shape index (κ3) is 5.03. The lowest BCUT2D eigenvalue weighted by Crippen LogP contribution is -2.27. The molecule has 2 rings (SSSR count). The molecule has 0 radical (unpaired) electrons. The summed E-state index contributed by atoms with van der Waals surface area (Å²) in [6.45, 7) is 8.80. The van der Waals surface area contributed by atoms with Gasteiger partial charge >= 0.3 is 0 Å². The van der Waals surface area contributed by atoms with Crippen LogP contribution in [0.5, 0.6) is 0 Å². The standard InChI is InChI=1S/C19H32N2/c1-15(2)20-13-18-10-11-19(12-16(18)3)21(4)14-17-8-6-5-7-9-17/h10-12,15,17,20H,5-9,13-14H2,1-4H3. The summed E-state index contributed by atoms with van der Waals surface area (Å²) in [5.74, 6) is 0.895. The Morgan fingerprint density at radius 1 is 1.19 bits per heavy atom. The quantitative estimate of drug-likeness (QED) is 0.828. The third-order valence-corrected chi connectivity index (χ3v) is 4.72. The minimum Gasteiger partial charge on any atom is -0.374 e. The average molecular weight is 288 g/mol. The van der Waals surface area contributed by atoms with Crippen molar-refractivity contribution < 1.29 is 0 Å². The second kappa shape index (κ2) is 7.84. The largest absolute Gasteiger partial charge is 0.374 e. The van der Waals surface area contributed by atoms with Crippen molar-refractivity contribution in [2.24, 2.45) is 5.92 Å². The van der Waals surface area contributed by atoms with Gasteiger partial charge in [-0.2, -0.15) is 0 Å². The number of nitrogens with zero attached hydrogens (tertiary/aromatic N) is 1. The van der Waals surface area contributed by atoms with E-state index in [4.69, 9.17) is 0 Å². The molecule has 1 aromatic carbocycles. The molecule has 0 heterocycles. The van der Waals surface area contributed by atoms with Crippen LogP contribution in [-0.2, 0) is 6.54 Å². The summed E-state index contributed by atoms with van der Waals surface area (Å²) in [6, 6.07) is 7.46. The SMILES string of the molecule is Cc1cc(N(C)CC2CCCCC2)ccc1CNC(C)C. The fourth-order valence-corrected chi connectivity index (χ4v) is 3.29. The molecule has 1 aromatic rings. The van der Waals surface area contributed by atoms with Gasteiger partial charge in [0, 0.05) is 31.9 Å². The summed E-state index contributed by atoms with van der Waals surface area (Å²) in [6.07, 6.45) is 7.13. The van der Waals surface area contributed by atoms with Crippen LogP contribution in [0.3, 0.4) is 0 Å². The molecule has 2 nitrogen and oxygen atoms in total. The van der Waals surface area contributed by atoms with Crippen molar-refractivity contribution in [2.45, 2.75) is 65.5 Å². The molecule has 1 aliphatic rings. The van der Waals surface area contributed by atoms with Gasteiger partial charge in [0.1, 0.15) is 0 Å². The predicted octanol–water partition coefficient (Wildman–Crippen LogP) is 4.51. The Morgan fingerprint density at radius 3 is 2.52 bits per heavy atom. The Balaban J connectivity index is 1.94.